The standard InChI is InChI=1S/C8H13NO3S/c1-6(2)8(10)9-7-3-4-13(11,12)5-7/h3-4,6-7H,5H2,1-2H3,(H,9,10). The Bertz CT molecular complexity index is 329. The van der Waals surface area contributed by atoms with Crippen LogP contribution < -0.4 is 5.32 Å². The highest BCUT2D eigenvalue weighted by atomic mass is 32.2. The average Bonchev–Trinajstić information content (AvgIpc) is 2.30. The van der Waals surface area contributed by atoms with Crippen LogP contribution in [0.1, 0.15) is 13.8 Å². The zero-order valence-electron chi connectivity index (χ0n) is 7.65. The van der Waals surface area contributed by atoms with E-state index in [2.05, 4.69) is 5.32 Å². The van der Waals surface area contributed by atoms with Gasteiger partial charge < -0.3 is 5.32 Å². The maximum Gasteiger partial charge on any atom is 0.223 e. The molecule has 0 saturated carbocycles. The zero-order chi connectivity index (χ0) is 10.1. The van der Waals surface area contributed by atoms with Gasteiger partial charge in [0.2, 0.25) is 5.91 Å². The van der Waals surface area contributed by atoms with Crippen LogP contribution in [0.3, 0.4) is 0 Å². The molecule has 0 spiro atoms. The second-order valence-corrected chi connectivity index (χ2v) is 5.36. The highest BCUT2D eigenvalue weighted by Gasteiger charge is 2.23. The summed E-state index contributed by atoms with van der Waals surface area (Å²) in [4.78, 5) is 11.2. The van der Waals surface area contributed by atoms with Gasteiger partial charge >= 0.3 is 0 Å². The van der Waals surface area contributed by atoms with E-state index in [1.165, 1.54) is 6.08 Å². The third-order valence-electron chi connectivity index (χ3n) is 1.78. The molecule has 0 bridgehead atoms. The largest absolute Gasteiger partial charge is 0.349 e. The summed E-state index contributed by atoms with van der Waals surface area (Å²) in [6.45, 7) is 3.53. The minimum absolute atomic E-state index is 0.00847. The summed E-state index contributed by atoms with van der Waals surface area (Å²) >= 11 is 0. The van der Waals surface area contributed by atoms with Crippen LogP contribution >= 0.6 is 0 Å². The minimum atomic E-state index is -3.06. The number of hydrogen-bond acceptors (Lipinski definition) is 3. The van der Waals surface area contributed by atoms with Crippen LogP contribution in [-0.4, -0.2) is 26.1 Å². The molecular formula is C8H13NO3S. The number of amides is 1. The quantitative estimate of drug-likeness (QED) is 0.690. The van der Waals surface area contributed by atoms with Crippen molar-refractivity contribution in [2.75, 3.05) is 5.75 Å². The molecule has 0 saturated heterocycles. The first-order chi connectivity index (χ1) is 5.91. The van der Waals surface area contributed by atoms with Crippen molar-refractivity contribution in [3.8, 4) is 0 Å². The van der Waals surface area contributed by atoms with Crippen molar-refractivity contribution in [2.24, 2.45) is 5.92 Å². The van der Waals surface area contributed by atoms with Crippen molar-refractivity contribution >= 4 is 15.7 Å². The number of sulfone groups is 1. The van der Waals surface area contributed by atoms with Crippen molar-refractivity contribution in [1.29, 1.82) is 0 Å². The van der Waals surface area contributed by atoms with Crippen molar-refractivity contribution in [1.82, 2.24) is 5.32 Å². The summed E-state index contributed by atoms with van der Waals surface area (Å²) in [7, 11) is -3.06. The van der Waals surface area contributed by atoms with E-state index >= 15 is 0 Å². The molecule has 0 radical (unpaired) electrons. The Morgan fingerprint density at radius 2 is 2.15 bits per heavy atom. The Labute approximate surface area is 77.9 Å². The van der Waals surface area contributed by atoms with E-state index in [9.17, 15) is 13.2 Å². The molecule has 0 aromatic heterocycles. The van der Waals surface area contributed by atoms with Gasteiger partial charge in [-0.2, -0.15) is 0 Å². The number of rotatable bonds is 2. The lowest BCUT2D eigenvalue weighted by Crippen LogP contribution is -2.37. The Hall–Kier alpha value is -0.840. The molecule has 1 N–H and O–H groups in total. The number of carbonyl (C=O) groups excluding carboxylic acids is 1. The molecular weight excluding hydrogens is 190 g/mol. The van der Waals surface area contributed by atoms with E-state index in [0.717, 1.165) is 5.41 Å². The molecule has 0 aliphatic carbocycles. The fourth-order valence-corrected chi connectivity index (χ4v) is 2.25. The molecule has 1 unspecified atom stereocenters. The predicted octanol–water partition coefficient (Wildman–Crippen LogP) is 0.0693. The van der Waals surface area contributed by atoms with Gasteiger partial charge in [-0.25, -0.2) is 8.42 Å². The van der Waals surface area contributed by atoms with Gasteiger partial charge in [0.15, 0.2) is 9.84 Å². The first-order valence-electron chi connectivity index (χ1n) is 4.12. The minimum Gasteiger partial charge on any atom is -0.349 e. The van der Waals surface area contributed by atoms with Crippen LogP contribution in [-0.2, 0) is 14.6 Å². The molecule has 1 aliphatic rings. The molecule has 0 aromatic carbocycles. The van der Waals surface area contributed by atoms with E-state index in [1.807, 2.05) is 0 Å². The summed E-state index contributed by atoms with van der Waals surface area (Å²) in [5.41, 5.74) is 0. The van der Waals surface area contributed by atoms with Crippen LogP contribution in [0, 0.1) is 5.92 Å². The van der Waals surface area contributed by atoms with Crippen LogP contribution in [0.2, 0.25) is 0 Å². The molecule has 1 aliphatic heterocycles. The van der Waals surface area contributed by atoms with Crippen LogP contribution in [0.15, 0.2) is 11.5 Å². The van der Waals surface area contributed by atoms with Gasteiger partial charge in [0.25, 0.3) is 0 Å². The first-order valence-corrected chi connectivity index (χ1v) is 5.83. The van der Waals surface area contributed by atoms with Crippen molar-refractivity contribution < 1.29 is 13.2 Å². The Balaban J connectivity index is 2.52. The van der Waals surface area contributed by atoms with Gasteiger partial charge in [-0.1, -0.05) is 13.8 Å². The number of carbonyl (C=O) groups is 1. The van der Waals surface area contributed by atoms with Gasteiger partial charge in [0.05, 0.1) is 11.8 Å². The topological polar surface area (TPSA) is 63.2 Å². The molecule has 1 amide bonds. The third kappa shape index (κ3) is 2.84. The summed E-state index contributed by atoms with van der Waals surface area (Å²) in [5, 5.41) is 3.78. The second kappa shape index (κ2) is 3.49. The summed E-state index contributed by atoms with van der Waals surface area (Å²) in [6.07, 6.45) is 1.51. The summed E-state index contributed by atoms with van der Waals surface area (Å²) < 4.78 is 21.9. The van der Waals surface area contributed by atoms with Gasteiger partial charge in [0.1, 0.15) is 0 Å². The maximum atomic E-state index is 11.2. The second-order valence-electron chi connectivity index (χ2n) is 3.43. The van der Waals surface area contributed by atoms with Crippen LogP contribution in [0.4, 0.5) is 0 Å². The van der Waals surface area contributed by atoms with Gasteiger partial charge in [-0.15, -0.1) is 0 Å². The van der Waals surface area contributed by atoms with Crippen molar-refractivity contribution in [3.63, 3.8) is 0 Å². The Morgan fingerprint density at radius 1 is 1.54 bits per heavy atom. The maximum absolute atomic E-state index is 11.2. The van der Waals surface area contributed by atoms with Gasteiger partial charge in [0, 0.05) is 11.3 Å². The molecule has 4 nitrogen and oxygen atoms in total. The van der Waals surface area contributed by atoms with Crippen LogP contribution in [0.5, 0.6) is 0 Å². The Kier molecular flexibility index (Phi) is 2.75. The monoisotopic (exact) mass is 203 g/mol. The molecule has 0 fully saturated rings. The zero-order valence-corrected chi connectivity index (χ0v) is 8.47. The molecule has 0 aromatic rings. The average molecular weight is 203 g/mol. The van der Waals surface area contributed by atoms with Gasteiger partial charge in [-0.05, 0) is 6.08 Å². The summed E-state index contributed by atoms with van der Waals surface area (Å²) in [5.74, 6) is -0.241. The fraction of sp³-hybridized carbons (Fsp3) is 0.625. The summed E-state index contributed by atoms with van der Waals surface area (Å²) in [6, 6.07) is -0.347. The lowest BCUT2D eigenvalue weighted by Gasteiger charge is -2.11. The van der Waals surface area contributed by atoms with Crippen molar-refractivity contribution in [3.05, 3.63) is 11.5 Å². The SMILES string of the molecule is CC(C)C(=O)NC1C=CS(=O)(=O)C1. The van der Waals surface area contributed by atoms with E-state index in [-0.39, 0.29) is 23.6 Å². The van der Waals surface area contributed by atoms with Crippen molar-refractivity contribution in [2.45, 2.75) is 19.9 Å². The smallest absolute Gasteiger partial charge is 0.223 e. The number of hydrogen-bond donors (Lipinski definition) is 1. The third-order valence-corrected chi connectivity index (χ3v) is 3.18. The predicted molar refractivity (Wildman–Crippen MR) is 49.7 cm³/mol. The van der Waals surface area contributed by atoms with Crippen LogP contribution in [0.25, 0.3) is 0 Å². The van der Waals surface area contributed by atoms with E-state index in [0.29, 0.717) is 0 Å². The molecule has 5 heteroatoms. The first kappa shape index (κ1) is 10.2. The fourth-order valence-electron chi connectivity index (χ4n) is 1.02. The molecule has 1 rings (SSSR count). The molecule has 1 atom stereocenters. The van der Waals surface area contributed by atoms with E-state index in [1.54, 1.807) is 13.8 Å². The Morgan fingerprint density at radius 3 is 2.54 bits per heavy atom. The lowest BCUT2D eigenvalue weighted by atomic mass is 10.2. The molecule has 74 valence electrons. The van der Waals surface area contributed by atoms with E-state index < -0.39 is 9.84 Å². The lowest BCUT2D eigenvalue weighted by molar-refractivity contribution is -0.124. The van der Waals surface area contributed by atoms with Gasteiger partial charge in [-0.3, -0.25) is 4.79 Å². The molecule has 1 heterocycles. The highest BCUT2D eigenvalue weighted by Crippen LogP contribution is 2.08. The molecule has 13 heavy (non-hydrogen) atoms. The number of nitrogens with one attached hydrogen (secondary N) is 1. The van der Waals surface area contributed by atoms with E-state index in [4.69, 9.17) is 0 Å². The normalized spacial score (nSPS) is 25.0. The highest BCUT2D eigenvalue weighted by molar-refractivity contribution is 7.94.